The van der Waals surface area contributed by atoms with E-state index >= 15 is 0 Å². The minimum absolute atomic E-state index is 0.00270. The molecule has 1 aliphatic heterocycles. The van der Waals surface area contributed by atoms with E-state index in [1.807, 2.05) is 6.92 Å². The summed E-state index contributed by atoms with van der Waals surface area (Å²) in [5, 5.41) is 14.3. The van der Waals surface area contributed by atoms with Crippen molar-refractivity contribution >= 4 is 12.0 Å². The van der Waals surface area contributed by atoms with Crippen LogP contribution in [0, 0.1) is 6.92 Å². The fourth-order valence-corrected chi connectivity index (χ4v) is 2.15. The number of carboxylic acid groups (broad SMARTS) is 1. The van der Waals surface area contributed by atoms with Gasteiger partial charge in [0.15, 0.2) is 0 Å². The van der Waals surface area contributed by atoms with Gasteiger partial charge in [0.25, 0.3) is 0 Å². The SMILES string of the molecule is Cc1oc(CNC(=O)NC2CCOC2C)cc1C(=O)O. The number of amides is 2. The molecule has 1 fully saturated rings. The first kappa shape index (κ1) is 14.4. The van der Waals surface area contributed by atoms with E-state index in [0.717, 1.165) is 6.42 Å². The molecule has 2 atom stereocenters. The summed E-state index contributed by atoms with van der Waals surface area (Å²) in [5.41, 5.74) is 0.111. The molecule has 2 rings (SSSR count). The minimum atomic E-state index is -1.04. The number of carboxylic acids is 1. The van der Waals surface area contributed by atoms with Crippen LogP contribution in [0.25, 0.3) is 0 Å². The Bertz CT molecular complexity index is 511. The van der Waals surface area contributed by atoms with Crippen molar-refractivity contribution in [3.05, 3.63) is 23.2 Å². The van der Waals surface area contributed by atoms with Crippen LogP contribution in [0.1, 0.15) is 35.2 Å². The van der Waals surface area contributed by atoms with E-state index in [4.69, 9.17) is 14.3 Å². The van der Waals surface area contributed by atoms with Gasteiger partial charge in [-0.15, -0.1) is 0 Å². The molecule has 0 radical (unpaired) electrons. The molecule has 2 amide bonds. The molecule has 1 aromatic heterocycles. The summed E-state index contributed by atoms with van der Waals surface area (Å²) >= 11 is 0. The third-order valence-electron chi connectivity index (χ3n) is 3.32. The molecule has 0 aliphatic carbocycles. The second-order valence-electron chi connectivity index (χ2n) is 4.79. The minimum Gasteiger partial charge on any atom is -0.478 e. The third kappa shape index (κ3) is 3.30. The number of hydrogen-bond acceptors (Lipinski definition) is 4. The van der Waals surface area contributed by atoms with E-state index in [0.29, 0.717) is 18.1 Å². The van der Waals surface area contributed by atoms with Crippen LogP contribution in [0.3, 0.4) is 0 Å². The summed E-state index contributed by atoms with van der Waals surface area (Å²) in [4.78, 5) is 22.6. The molecule has 0 spiro atoms. The molecule has 1 aromatic rings. The predicted octanol–water partition coefficient (Wildman–Crippen LogP) is 1.26. The molecule has 2 heterocycles. The Labute approximate surface area is 116 Å². The van der Waals surface area contributed by atoms with Crippen LogP contribution in [-0.4, -0.2) is 35.9 Å². The molecule has 1 saturated heterocycles. The van der Waals surface area contributed by atoms with Crippen molar-refractivity contribution in [1.82, 2.24) is 10.6 Å². The normalized spacial score (nSPS) is 21.7. The molecule has 0 saturated carbocycles. The number of aryl methyl sites for hydroxylation is 1. The van der Waals surface area contributed by atoms with Gasteiger partial charge in [0.05, 0.1) is 18.7 Å². The van der Waals surface area contributed by atoms with Crippen LogP contribution in [0.15, 0.2) is 10.5 Å². The number of carbonyl (C=O) groups excluding carboxylic acids is 1. The fourth-order valence-electron chi connectivity index (χ4n) is 2.15. The van der Waals surface area contributed by atoms with Crippen molar-refractivity contribution in [2.75, 3.05) is 6.61 Å². The van der Waals surface area contributed by atoms with Gasteiger partial charge in [-0.05, 0) is 26.3 Å². The second kappa shape index (κ2) is 5.96. The Morgan fingerprint density at radius 1 is 1.50 bits per heavy atom. The molecular formula is C13H18N2O5. The van der Waals surface area contributed by atoms with Crippen LogP contribution in [-0.2, 0) is 11.3 Å². The average Bonchev–Trinajstić information content (AvgIpc) is 2.94. The number of furan rings is 1. The Hall–Kier alpha value is -2.02. The van der Waals surface area contributed by atoms with Gasteiger partial charge < -0.3 is 24.9 Å². The van der Waals surface area contributed by atoms with Crippen LogP contribution >= 0.6 is 0 Å². The summed E-state index contributed by atoms with van der Waals surface area (Å²) in [5.74, 6) is -0.308. The smallest absolute Gasteiger partial charge is 0.339 e. The quantitative estimate of drug-likeness (QED) is 0.772. The Morgan fingerprint density at radius 2 is 2.25 bits per heavy atom. The molecular weight excluding hydrogens is 264 g/mol. The first-order valence-electron chi connectivity index (χ1n) is 6.46. The highest BCUT2D eigenvalue weighted by atomic mass is 16.5. The van der Waals surface area contributed by atoms with Gasteiger partial charge in [0.2, 0.25) is 0 Å². The molecule has 3 N–H and O–H groups in total. The predicted molar refractivity (Wildman–Crippen MR) is 69.6 cm³/mol. The second-order valence-corrected chi connectivity index (χ2v) is 4.79. The van der Waals surface area contributed by atoms with E-state index in [1.54, 1.807) is 6.92 Å². The van der Waals surface area contributed by atoms with Gasteiger partial charge in [-0.25, -0.2) is 9.59 Å². The van der Waals surface area contributed by atoms with Crippen LogP contribution < -0.4 is 10.6 Å². The summed E-state index contributed by atoms with van der Waals surface area (Å²) in [6.45, 7) is 4.27. The first-order chi connectivity index (χ1) is 9.47. The average molecular weight is 282 g/mol. The number of urea groups is 1. The van der Waals surface area contributed by atoms with Crippen molar-refractivity contribution < 1.29 is 23.8 Å². The topological polar surface area (TPSA) is 101 Å². The Morgan fingerprint density at radius 3 is 2.80 bits per heavy atom. The van der Waals surface area contributed by atoms with E-state index in [-0.39, 0.29) is 30.3 Å². The van der Waals surface area contributed by atoms with Crippen LogP contribution in [0.5, 0.6) is 0 Å². The Balaban J connectivity index is 1.84. The zero-order chi connectivity index (χ0) is 14.7. The molecule has 7 heteroatoms. The highest BCUT2D eigenvalue weighted by Gasteiger charge is 2.25. The maximum absolute atomic E-state index is 11.7. The lowest BCUT2D eigenvalue weighted by molar-refractivity contribution is 0.0695. The Kier molecular flexibility index (Phi) is 4.29. The maximum atomic E-state index is 11.7. The van der Waals surface area contributed by atoms with Gasteiger partial charge >= 0.3 is 12.0 Å². The van der Waals surface area contributed by atoms with Crippen molar-refractivity contribution in [2.45, 2.75) is 39.0 Å². The lowest BCUT2D eigenvalue weighted by Gasteiger charge is -2.16. The third-order valence-corrected chi connectivity index (χ3v) is 3.32. The van der Waals surface area contributed by atoms with E-state index in [1.165, 1.54) is 6.07 Å². The van der Waals surface area contributed by atoms with E-state index in [2.05, 4.69) is 10.6 Å². The first-order valence-corrected chi connectivity index (χ1v) is 6.46. The summed E-state index contributed by atoms with van der Waals surface area (Å²) in [6, 6.07) is 1.10. The molecule has 0 bridgehead atoms. The van der Waals surface area contributed by atoms with Gasteiger partial charge in [0, 0.05) is 6.61 Å². The van der Waals surface area contributed by atoms with Gasteiger partial charge in [-0.2, -0.15) is 0 Å². The summed E-state index contributed by atoms with van der Waals surface area (Å²) in [7, 11) is 0. The lowest BCUT2D eigenvalue weighted by atomic mass is 10.2. The van der Waals surface area contributed by atoms with E-state index < -0.39 is 5.97 Å². The van der Waals surface area contributed by atoms with Gasteiger partial charge in [-0.3, -0.25) is 0 Å². The highest BCUT2D eigenvalue weighted by Crippen LogP contribution is 2.15. The molecule has 110 valence electrons. The highest BCUT2D eigenvalue weighted by molar-refractivity contribution is 5.88. The zero-order valence-electron chi connectivity index (χ0n) is 11.4. The van der Waals surface area contributed by atoms with Gasteiger partial charge in [0.1, 0.15) is 17.1 Å². The molecule has 7 nitrogen and oxygen atoms in total. The number of ether oxygens (including phenoxy) is 1. The zero-order valence-corrected chi connectivity index (χ0v) is 11.4. The number of carbonyl (C=O) groups is 2. The fraction of sp³-hybridized carbons (Fsp3) is 0.538. The number of nitrogens with one attached hydrogen (secondary N) is 2. The maximum Gasteiger partial charge on any atom is 0.339 e. The monoisotopic (exact) mass is 282 g/mol. The van der Waals surface area contributed by atoms with Crippen molar-refractivity contribution in [2.24, 2.45) is 0 Å². The van der Waals surface area contributed by atoms with Crippen LogP contribution in [0.2, 0.25) is 0 Å². The molecule has 2 unspecified atom stereocenters. The largest absolute Gasteiger partial charge is 0.478 e. The van der Waals surface area contributed by atoms with Crippen LogP contribution in [0.4, 0.5) is 4.79 Å². The summed E-state index contributed by atoms with van der Waals surface area (Å²) < 4.78 is 10.6. The number of aromatic carboxylic acids is 1. The molecule has 20 heavy (non-hydrogen) atoms. The summed E-state index contributed by atoms with van der Waals surface area (Å²) in [6.07, 6.45) is 0.794. The van der Waals surface area contributed by atoms with Gasteiger partial charge in [-0.1, -0.05) is 0 Å². The van der Waals surface area contributed by atoms with E-state index in [9.17, 15) is 9.59 Å². The lowest BCUT2D eigenvalue weighted by Crippen LogP contribution is -2.44. The standard InChI is InChI=1S/C13H18N2O5/c1-7-10(12(16)17)5-9(20-7)6-14-13(18)15-11-3-4-19-8(11)2/h5,8,11H,3-4,6H2,1-2H3,(H,16,17)(H2,14,15,18). The molecule has 0 aromatic carbocycles. The van der Waals surface area contributed by atoms with Crippen molar-refractivity contribution in [3.8, 4) is 0 Å². The number of rotatable bonds is 4. The van der Waals surface area contributed by atoms with Crippen molar-refractivity contribution in [1.29, 1.82) is 0 Å². The molecule has 1 aliphatic rings. The van der Waals surface area contributed by atoms with Crippen molar-refractivity contribution in [3.63, 3.8) is 0 Å². The number of hydrogen-bond donors (Lipinski definition) is 3.